The van der Waals surface area contributed by atoms with E-state index in [4.69, 9.17) is 23.2 Å². The van der Waals surface area contributed by atoms with Gasteiger partial charge in [0.2, 0.25) is 5.91 Å². The monoisotopic (exact) mass is 557 g/mol. The lowest BCUT2D eigenvalue weighted by Gasteiger charge is -2.49. The normalized spacial score (nSPS) is 23.1. The molecule has 2 aliphatic rings. The van der Waals surface area contributed by atoms with Gasteiger partial charge >= 0.3 is 12.4 Å². The minimum Gasteiger partial charge on any atom is -0.338 e. The van der Waals surface area contributed by atoms with Gasteiger partial charge < -0.3 is 4.90 Å². The van der Waals surface area contributed by atoms with Gasteiger partial charge in [0, 0.05) is 35.0 Å². The van der Waals surface area contributed by atoms with Crippen molar-refractivity contribution in [2.24, 2.45) is 11.8 Å². The van der Waals surface area contributed by atoms with E-state index in [0.717, 1.165) is 4.90 Å². The van der Waals surface area contributed by atoms with Crippen LogP contribution in [0.25, 0.3) is 0 Å². The fraction of sp³-hybridized carbons (Fsp3) is 0.296. The molecule has 1 saturated heterocycles. The molecule has 1 aliphatic carbocycles. The van der Waals surface area contributed by atoms with Gasteiger partial charge in [-0.15, -0.1) is 0 Å². The Kier molecular flexibility index (Phi) is 6.27. The van der Waals surface area contributed by atoms with Crippen LogP contribution < -0.4 is 0 Å². The van der Waals surface area contributed by atoms with Gasteiger partial charge in [-0.05, 0) is 46.5 Å². The second-order valence-electron chi connectivity index (χ2n) is 9.41. The summed E-state index contributed by atoms with van der Waals surface area (Å²) < 4.78 is 89.4. The predicted molar refractivity (Wildman–Crippen MR) is 127 cm³/mol. The molecule has 3 atom stereocenters. The molecule has 1 fully saturated rings. The predicted octanol–water partition coefficient (Wildman–Crippen LogP) is 7.78. The lowest BCUT2D eigenvalue weighted by atomic mass is 9.54. The Morgan fingerprint density at radius 2 is 1.43 bits per heavy atom. The van der Waals surface area contributed by atoms with Gasteiger partial charge in [-0.25, -0.2) is 0 Å². The van der Waals surface area contributed by atoms with Crippen LogP contribution in [0.1, 0.15) is 28.2 Å². The summed E-state index contributed by atoms with van der Waals surface area (Å²) in [6.07, 6.45) is -11.6. The highest BCUT2D eigenvalue weighted by molar-refractivity contribution is 6.31. The second-order valence-corrected chi connectivity index (χ2v) is 10.3. The van der Waals surface area contributed by atoms with Crippen molar-refractivity contribution in [3.05, 3.63) is 105 Å². The first-order chi connectivity index (χ1) is 17.4. The smallest absolute Gasteiger partial charge is 0.338 e. The number of benzene rings is 3. The first-order valence-electron chi connectivity index (χ1n) is 11.4. The van der Waals surface area contributed by atoms with E-state index in [0.29, 0.717) is 22.2 Å². The van der Waals surface area contributed by atoms with E-state index >= 15 is 0 Å². The topological polar surface area (TPSA) is 20.3 Å². The molecule has 1 heterocycles. The van der Waals surface area contributed by atoms with Crippen molar-refractivity contribution in [1.82, 2.24) is 4.90 Å². The molecule has 2 nitrogen and oxygen atoms in total. The van der Waals surface area contributed by atoms with Crippen LogP contribution in [0.5, 0.6) is 0 Å². The zero-order valence-electron chi connectivity index (χ0n) is 19.0. The number of carbonyl (C=O) groups is 1. The standard InChI is InChI=1S/C27H19Cl2F6NO/c28-17-8-6-16(7-9-17)22-19-11-10-18(29)12-21(19)25(26(30,31)32,27(33,34)35)23-20(22)14-36(24(23)37)13-15-4-2-1-3-5-15/h1-12,20,22-23H,13-14H2/t20-,22-,23-/m0/s1. The lowest BCUT2D eigenvalue weighted by Crippen LogP contribution is -2.64. The third-order valence-electron chi connectivity index (χ3n) is 7.45. The number of fused-ring (bicyclic) bond motifs is 2. The van der Waals surface area contributed by atoms with Crippen molar-refractivity contribution in [2.75, 3.05) is 6.54 Å². The number of likely N-dealkylation sites (tertiary alicyclic amines) is 1. The number of nitrogens with zero attached hydrogens (tertiary/aromatic N) is 1. The molecule has 5 rings (SSSR count). The molecule has 0 saturated carbocycles. The Labute approximate surface area is 218 Å². The maximum Gasteiger partial charge on any atom is 0.408 e. The molecule has 3 aromatic carbocycles. The van der Waals surface area contributed by atoms with Crippen LogP contribution in [0.4, 0.5) is 26.3 Å². The second kappa shape index (κ2) is 8.95. The summed E-state index contributed by atoms with van der Waals surface area (Å²) in [5, 5.41) is 0.0806. The zero-order chi connectivity index (χ0) is 26.8. The summed E-state index contributed by atoms with van der Waals surface area (Å²) in [5.41, 5.74) is -4.54. The van der Waals surface area contributed by atoms with E-state index in [-0.39, 0.29) is 23.7 Å². The van der Waals surface area contributed by atoms with Crippen LogP contribution in [-0.2, 0) is 16.8 Å². The van der Waals surface area contributed by atoms with Gasteiger partial charge in [-0.3, -0.25) is 4.79 Å². The first-order valence-corrected chi connectivity index (χ1v) is 12.1. The Morgan fingerprint density at radius 3 is 2.03 bits per heavy atom. The number of carbonyl (C=O) groups excluding carboxylic acids is 1. The molecule has 3 aromatic rings. The molecule has 1 aliphatic heterocycles. The highest BCUT2D eigenvalue weighted by atomic mass is 35.5. The first kappa shape index (κ1) is 25.9. The van der Waals surface area contributed by atoms with Gasteiger partial charge in [-0.1, -0.05) is 71.7 Å². The maximum absolute atomic E-state index is 14.9. The summed E-state index contributed by atoms with van der Waals surface area (Å²) in [6.45, 7) is -0.384. The molecule has 0 aromatic heterocycles. The Bertz CT molecular complexity index is 1310. The van der Waals surface area contributed by atoms with Gasteiger partial charge in [0.05, 0.1) is 5.92 Å². The maximum atomic E-state index is 14.9. The van der Waals surface area contributed by atoms with Gasteiger partial charge in [0.25, 0.3) is 0 Å². The van der Waals surface area contributed by atoms with Crippen molar-refractivity contribution in [2.45, 2.75) is 30.2 Å². The molecule has 10 heteroatoms. The summed E-state index contributed by atoms with van der Waals surface area (Å²) in [4.78, 5) is 14.8. The molecular weight excluding hydrogens is 539 g/mol. The third kappa shape index (κ3) is 4.00. The van der Waals surface area contributed by atoms with Crippen LogP contribution in [0, 0.1) is 11.8 Å². The van der Waals surface area contributed by atoms with Gasteiger partial charge in [0.1, 0.15) is 0 Å². The minimum absolute atomic E-state index is 0.108. The van der Waals surface area contributed by atoms with Crippen LogP contribution in [0.15, 0.2) is 72.8 Å². The molecule has 0 bridgehead atoms. The van der Waals surface area contributed by atoms with E-state index in [1.165, 1.54) is 24.3 Å². The number of hydrogen-bond acceptors (Lipinski definition) is 1. The quantitative estimate of drug-likeness (QED) is 0.301. The van der Waals surface area contributed by atoms with E-state index in [2.05, 4.69) is 0 Å². The van der Waals surface area contributed by atoms with Crippen molar-refractivity contribution >= 4 is 29.1 Å². The largest absolute Gasteiger partial charge is 0.408 e. The number of amides is 1. The van der Waals surface area contributed by atoms with Crippen LogP contribution in [0.2, 0.25) is 10.0 Å². The van der Waals surface area contributed by atoms with Crippen molar-refractivity contribution in [3.63, 3.8) is 0 Å². The van der Waals surface area contributed by atoms with Crippen LogP contribution >= 0.6 is 23.2 Å². The SMILES string of the molecule is O=C1[C@@H]2[C@@H](CN1Cc1ccccc1)[C@@H](c1ccc(Cl)cc1)c1ccc(Cl)cc1C2(C(F)(F)F)C(F)(F)F. The van der Waals surface area contributed by atoms with Gasteiger partial charge in [0.15, 0.2) is 5.41 Å². The lowest BCUT2D eigenvalue weighted by molar-refractivity contribution is -0.321. The Hall–Kier alpha value is -2.71. The zero-order valence-corrected chi connectivity index (χ0v) is 20.5. The Morgan fingerprint density at radius 1 is 0.838 bits per heavy atom. The summed E-state index contributed by atoms with van der Waals surface area (Å²) in [6, 6.07) is 17.8. The molecule has 37 heavy (non-hydrogen) atoms. The fourth-order valence-corrected chi connectivity index (χ4v) is 6.33. The number of alkyl halides is 6. The van der Waals surface area contributed by atoms with Crippen molar-refractivity contribution in [3.8, 4) is 0 Å². The van der Waals surface area contributed by atoms with E-state index in [1.54, 1.807) is 42.5 Å². The van der Waals surface area contributed by atoms with Gasteiger partial charge in [-0.2, -0.15) is 26.3 Å². The van der Waals surface area contributed by atoms with E-state index < -0.39 is 47.0 Å². The highest BCUT2D eigenvalue weighted by Crippen LogP contribution is 2.66. The number of rotatable bonds is 3. The minimum atomic E-state index is -5.82. The Balaban J connectivity index is 1.79. The van der Waals surface area contributed by atoms with Crippen molar-refractivity contribution in [1.29, 1.82) is 0 Å². The molecule has 0 N–H and O–H groups in total. The summed E-state index contributed by atoms with van der Waals surface area (Å²) in [5.74, 6) is -5.85. The molecule has 0 radical (unpaired) electrons. The molecule has 1 amide bonds. The average molecular weight is 558 g/mol. The molecule has 0 unspecified atom stereocenters. The fourth-order valence-electron chi connectivity index (χ4n) is 6.04. The summed E-state index contributed by atoms with van der Waals surface area (Å²) >= 11 is 12.0. The molecule has 0 spiro atoms. The van der Waals surface area contributed by atoms with Crippen molar-refractivity contribution < 1.29 is 31.1 Å². The number of halogens is 8. The van der Waals surface area contributed by atoms with E-state index in [1.807, 2.05) is 0 Å². The molecule has 194 valence electrons. The van der Waals surface area contributed by atoms with Crippen LogP contribution in [-0.4, -0.2) is 29.7 Å². The van der Waals surface area contributed by atoms with Crippen LogP contribution in [0.3, 0.4) is 0 Å². The molecular formula is C27H19Cl2F6NO. The van der Waals surface area contributed by atoms with E-state index in [9.17, 15) is 31.1 Å². The summed E-state index contributed by atoms with van der Waals surface area (Å²) in [7, 11) is 0. The third-order valence-corrected chi connectivity index (χ3v) is 7.93. The highest BCUT2D eigenvalue weighted by Gasteiger charge is 2.81. The average Bonchev–Trinajstić information content (AvgIpc) is 3.12. The number of hydrogen-bond donors (Lipinski definition) is 0.